The van der Waals surface area contributed by atoms with Crippen molar-refractivity contribution in [3.63, 3.8) is 0 Å². The number of carbonyl (C=O) groups is 2. The summed E-state index contributed by atoms with van der Waals surface area (Å²) in [6.45, 7) is 0. The van der Waals surface area contributed by atoms with Crippen molar-refractivity contribution in [3.8, 4) is 17.2 Å². The second-order valence-corrected chi connectivity index (χ2v) is 8.17. The zero-order chi connectivity index (χ0) is 23.7. The lowest BCUT2D eigenvalue weighted by atomic mass is 9.95. The molecule has 1 unspecified atom stereocenters. The number of aliphatic hydroxyl groups excluding tert-OH is 1. The maximum absolute atomic E-state index is 13.2. The van der Waals surface area contributed by atoms with E-state index in [0.29, 0.717) is 32.8 Å². The Morgan fingerprint density at radius 2 is 1.73 bits per heavy atom. The molecule has 1 aliphatic heterocycles. The van der Waals surface area contributed by atoms with Crippen molar-refractivity contribution in [1.82, 2.24) is 0 Å². The summed E-state index contributed by atoms with van der Waals surface area (Å²) in [6, 6.07) is 16.8. The van der Waals surface area contributed by atoms with E-state index in [0.717, 1.165) is 0 Å². The minimum Gasteiger partial charge on any atom is -0.508 e. The van der Waals surface area contributed by atoms with E-state index in [-0.39, 0.29) is 17.1 Å². The Kier molecular flexibility index (Phi) is 6.11. The Morgan fingerprint density at radius 3 is 2.39 bits per heavy atom. The van der Waals surface area contributed by atoms with E-state index in [1.807, 2.05) is 0 Å². The van der Waals surface area contributed by atoms with Gasteiger partial charge in [0.1, 0.15) is 23.0 Å². The number of hydrogen-bond donors (Lipinski definition) is 2. The van der Waals surface area contributed by atoms with Crippen LogP contribution in [0.1, 0.15) is 17.2 Å². The summed E-state index contributed by atoms with van der Waals surface area (Å²) in [6.07, 6.45) is 0. The third-order valence-corrected chi connectivity index (χ3v) is 6.01. The fourth-order valence-corrected chi connectivity index (χ4v) is 4.38. The maximum Gasteiger partial charge on any atom is 0.300 e. The molecule has 0 bridgehead atoms. The van der Waals surface area contributed by atoms with Crippen molar-refractivity contribution in [1.29, 1.82) is 0 Å². The Labute approximate surface area is 198 Å². The number of aromatic hydroxyl groups is 1. The summed E-state index contributed by atoms with van der Waals surface area (Å²) < 4.78 is 11.1. The number of carbonyl (C=O) groups excluding carboxylic acids is 2. The van der Waals surface area contributed by atoms with Crippen molar-refractivity contribution in [2.45, 2.75) is 6.04 Å². The van der Waals surface area contributed by atoms with E-state index in [2.05, 4.69) is 15.9 Å². The number of aliphatic hydroxyl groups is 1. The Balaban J connectivity index is 1.95. The van der Waals surface area contributed by atoms with Gasteiger partial charge in [-0.2, -0.15) is 0 Å². The number of rotatable bonds is 5. The van der Waals surface area contributed by atoms with Gasteiger partial charge in [-0.25, -0.2) is 0 Å². The van der Waals surface area contributed by atoms with Gasteiger partial charge in [-0.1, -0.05) is 18.2 Å². The fraction of sp³-hybridized carbons (Fsp3) is 0.120. The van der Waals surface area contributed by atoms with Crippen LogP contribution >= 0.6 is 15.9 Å². The summed E-state index contributed by atoms with van der Waals surface area (Å²) in [5, 5.41) is 21.3. The fourth-order valence-electron chi connectivity index (χ4n) is 3.84. The molecule has 168 valence electrons. The molecule has 1 amide bonds. The van der Waals surface area contributed by atoms with Crippen LogP contribution in [0.5, 0.6) is 17.2 Å². The van der Waals surface area contributed by atoms with Crippen LogP contribution in [0, 0.1) is 0 Å². The molecule has 1 fully saturated rings. The minimum absolute atomic E-state index is 0.0316. The van der Waals surface area contributed by atoms with Crippen molar-refractivity contribution in [2.24, 2.45) is 0 Å². The Bertz CT molecular complexity index is 1290. The van der Waals surface area contributed by atoms with Crippen LogP contribution in [0.15, 0.2) is 76.8 Å². The van der Waals surface area contributed by atoms with Gasteiger partial charge in [-0.15, -0.1) is 0 Å². The van der Waals surface area contributed by atoms with Gasteiger partial charge in [0.05, 0.1) is 30.3 Å². The number of ketones is 1. The van der Waals surface area contributed by atoms with Gasteiger partial charge in [0.15, 0.2) is 0 Å². The predicted molar refractivity (Wildman–Crippen MR) is 127 cm³/mol. The second-order valence-electron chi connectivity index (χ2n) is 7.31. The summed E-state index contributed by atoms with van der Waals surface area (Å²) in [7, 11) is 3.02. The highest BCUT2D eigenvalue weighted by Gasteiger charge is 2.47. The first-order valence-corrected chi connectivity index (χ1v) is 10.7. The first-order chi connectivity index (χ1) is 15.8. The van der Waals surface area contributed by atoms with Crippen LogP contribution in [0.3, 0.4) is 0 Å². The molecule has 2 N–H and O–H groups in total. The molecule has 8 heteroatoms. The lowest BCUT2D eigenvalue weighted by Gasteiger charge is -2.26. The number of phenolic OH excluding ortho intramolecular Hbond substituents is 1. The minimum atomic E-state index is -0.968. The van der Waals surface area contributed by atoms with Crippen LogP contribution in [-0.4, -0.2) is 36.1 Å². The molecular formula is C25H20BrNO6. The van der Waals surface area contributed by atoms with Gasteiger partial charge in [-0.3, -0.25) is 14.5 Å². The number of ether oxygens (including phenoxy) is 2. The first-order valence-electron chi connectivity index (χ1n) is 9.93. The molecule has 7 nitrogen and oxygen atoms in total. The standard InChI is InChI=1S/C25H20BrNO6/c1-32-18-8-4-6-16(13-18)27-22(14-5-3-7-17(28)11-14)21(24(30)25(27)31)23(29)15-9-10-20(33-2)19(26)12-15/h3-13,22,28-29H,1-2H3/b23-21+. The lowest BCUT2D eigenvalue weighted by Crippen LogP contribution is -2.29. The molecule has 1 heterocycles. The number of hydrogen-bond acceptors (Lipinski definition) is 6. The summed E-state index contributed by atoms with van der Waals surface area (Å²) in [4.78, 5) is 27.7. The van der Waals surface area contributed by atoms with E-state index in [1.54, 1.807) is 54.6 Å². The number of amides is 1. The average molecular weight is 510 g/mol. The number of Topliss-reactive ketones (excluding diaryl/α,β-unsaturated/α-hetero) is 1. The highest BCUT2D eigenvalue weighted by molar-refractivity contribution is 9.10. The van der Waals surface area contributed by atoms with Gasteiger partial charge < -0.3 is 19.7 Å². The van der Waals surface area contributed by atoms with E-state index in [4.69, 9.17) is 9.47 Å². The first kappa shape index (κ1) is 22.4. The number of anilines is 1. The number of phenols is 1. The largest absolute Gasteiger partial charge is 0.508 e. The smallest absolute Gasteiger partial charge is 0.300 e. The molecule has 1 atom stereocenters. The molecule has 0 aromatic heterocycles. The SMILES string of the molecule is COc1cccc(N2C(=O)C(=O)/C(=C(/O)c3ccc(OC)c(Br)c3)C2c2cccc(O)c2)c1. The van der Waals surface area contributed by atoms with Gasteiger partial charge >= 0.3 is 0 Å². The molecule has 0 aliphatic carbocycles. The van der Waals surface area contributed by atoms with Crippen LogP contribution in [-0.2, 0) is 9.59 Å². The number of nitrogens with zero attached hydrogens (tertiary/aromatic N) is 1. The van der Waals surface area contributed by atoms with Crippen LogP contribution in [0.2, 0.25) is 0 Å². The zero-order valence-corrected chi connectivity index (χ0v) is 19.4. The van der Waals surface area contributed by atoms with Gasteiger partial charge in [-0.05, 0) is 64.0 Å². The van der Waals surface area contributed by atoms with Gasteiger partial charge in [0.2, 0.25) is 0 Å². The van der Waals surface area contributed by atoms with Crippen molar-refractivity contribution < 1.29 is 29.3 Å². The van der Waals surface area contributed by atoms with Crippen LogP contribution in [0.25, 0.3) is 5.76 Å². The summed E-state index contributed by atoms with van der Waals surface area (Å²) in [5.41, 5.74) is 1.12. The molecular weight excluding hydrogens is 490 g/mol. The van der Waals surface area contributed by atoms with Crippen molar-refractivity contribution >= 4 is 39.1 Å². The third kappa shape index (κ3) is 4.05. The topological polar surface area (TPSA) is 96.3 Å². The molecule has 33 heavy (non-hydrogen) atoms. The average Bonchev–Trinajstić information content (AvgIpc) is 3.09. The normalized spacial score (nSPS) is 17.3. The third-order valence-electron chi connectivity index (χ3n) is 5.39. The predicted octanol–water partition coefficient (Wildman–Crippen LogP) is 4.80. The highest BCUT2D eigenvalue weighted by atomic mass is 79.9. The highest BCUT2D eigenvalue weighted by Crippen LogP contribution is 2.43. The number of benzene rings is 3. The monoisotopic (exact) mass is 509 g/mol. The zero-order valence-electron chi connectivity index (χ0n) is 17.8. The van der Waals surface area contributed by atoms with E-state index >= 15 is 0 Å². The number of methoxy groups -OCH3 is 2. The number of halogens is 1. The molecule has 1 saturated heterocycles. The maximum atomic E-state index is 13.2. The molecule has 4 rings (SSSR count). The quantitative estimate of drug-likeness (QED) is 0.291. The van der Waals surface area contributed by atoms with E-state index in [9.17, 15) is 19.8 Å². The molecule has 0 radical (unpaired) electrons. The van der Waals surface area contributed by atoms with Gasteiger partial charge in [0.25, 0.3) is 11.7 Å². The van der Waals surface area contributed by atoms with Crippen molar-refractivity contribution in [2.75, 3.05) is 19.1 Å². The Hall–Kier alpha value is -3.78. The van der Waals surface area contributed by atoms with Crippen LogP contribution in [0.4, 0.5) is 5.69 Å². The molecule has 0 saturated carbocycles. The molecule has 0 spiro atoms. The Morgan fingerprint density at radius 1 is 0.970 bits per heavy atom. The van der Waals surface area contributed by atoms with Crippen molar-refractivity contribution in [3.05, 3.63) is 87.9 Å². The summed E-state index contributed by atoms with van der Waals surface area (Å²) >= 11 is 3.38. The van der Waals surface area contributed by atoms with E-state index in [1.165, 1.54) is 31.3 Å². The lowest BCUT2D eigenvalue weighted by molar-refractivity contribution is -0.132. The van der Waals surface area contributed by atoms with E-state index < -0.39 is 17.7 Å². The molecule has 1 aliphatic rings. The molecule has 3 aromatic carbocycles. The van der Waals surface area contributed by atoms with Gasteiger partial charge in [0, 0.05) is 17.3 Å². The second kappa shape index (κ2) is 8.99. The summed E-state index contributed by atoms with van der Waals surface area (Å²) in [5.74, 6) is -0.955. The van der Waals surface area contributed by atoms with Crippen LogP contribution < -0.4 is 14.4 Å². The molecule has 3 aromatic rings.